The van der Waals surface area contributed by atoms with Gasteiger partial charge in [-0.1, -0.05) is 12.1 Å². The maximum absolute atomic E-state index is 12.4. The lowest BCUT2D eigenvalue weighted by atomic mass is 10.1. The van der Waals surface area contributed by atoms with Gasteiger partial charge in [0.2, 0.25) is 10.0 Å². The molecule has 0 radical (unpaired) electrons. The van der Waals surface area contributed by atoms with E-state index in [0.717, 1.165) is 24.2 Å². The molecule has 0 spiro atoms. The molecule has 2 saturated carbocycles. The minimum Gasteiger partial charge on any atom is -0.367 e. The topological polar surface area (TPSA) is 147 Å². The monoisotopic (exact) mass is 479 g/mol. The quantitative estimate of drug-likeness (QED) is 0.300. The molecule has 2 aromatic heterocycles. The Balaban J connectivity index is 1.42. The van der Waals surface area contributed by atoms with E-state index in [2.05, 4.69) is 25.8 Å². The predicted molar refractivity (Wildman–Crippen MR) is 125 cm³/mol. The molecule has 1 saturated heterocycles. The van der Waals surface area contributed by atoms with Crippen molar-refractivity contribution in [3.8, 4) is 11.3 Å². The van der Waals surface area contributed by atoms with E-state index in [1.807, 2.05) is 12.1 Å². The number of hydrogen-bond donors (Lipinski definition) is 4. The van der Waals surface area contributed by atoms with Gasteiger partial charge in [-0.15, -0.1) is 0 Å². The van der Waals surface area contributed by atoms with E-state index < -0.39 is 22.0 Å². The molecule has 3 aliphatic rings. The lowest BCUT2D eigenvalue weighted by Crippen LogP contribution is -2.22. The van der Waals surface area contributed by atoms with Crippen LogP contribution in [0.1, 0.15) is 31.2 Å². The number of rotatable bonds is 7. The molecule has 6 rings (SSSR count). The van der Waals surface area contributed by atoms with Gasteiger partial charge in [0.1, 0.15) is 11.5 Å². The zero-order valence-electron chi connectivity index (χ0n) is 17.9. The van der Waals surface area contributed by atoms with Gasteiger partial charge < -0.3 is 10.6 Å². The summed E-state index contributed by atoms with van der Waals surface area (Å²) in [5, 5.41) is 12.2. The fourth-order valence-electron chi connectivity index (χ4n) is 3.78. The first-order valence-electron chi connectivity index (χ1n) is 11.0. The third-order valence-electron chi connectivity index (χ3n) is 5.83. The van der Waals surface area contributed by atoms with Crippen LogP contribution in [-0.4, -0.2) is 46.2 Å². The summed E-state index contributed by atoms with van der Waals surface area (Å²) in [6.07, 6.45) is 6.59. The van der Waals surface area contributed by atoms with Crippen LogP contribution in [-0.2, 0) is 14.8 Å². The first kappa shape index (κ1) is 20.7. The summed E-state index contributed by atoms with van der Waals surface area (Å²) < 4.78 is 29.1. The van der Waals surface area contributed by atoms with Crippen LogP contribution in [0.5, 0.6) is 0 Å². The van der Waals surface area contributed by atoms with Crippen molar-refractivity contribution in [3.05, 3.63) is 47.8 Å². The average molecular weight is 480 g/mol. The second-order valence-corrected chi connectivity index (χ2v) is 10.6. The van der Waals surface area contributed by atoms with Crippen LogP contribution in [0.25, 0.3) is 23.0 Å². The lowest BCUT2D eigenvalue weighted by Gasteiger charge is -2.12. The number of nitrogens with zero attached hydrogens (tertiary/aromatic N) is 3. The van der Waals surface area contributed by atoms with Crippen molar-refractivity contribution < 1.29 is 18.0 Å². The maximum atomic E-state index is 12.4. The Morgan fingerprint density at radius 2 is 1.91 bits per heavy atom. The normalized spacial score (nSPS) is 19.4. The van der Waals surface area contributed by atoms with Gasteiger partial charge in [-0.2, -0.15) is 9.61 Å². The van der Waals surface area contributed by atoms with E-state index in [1.54, 1.807) is 28.9 Å². The zero-order valence-corrected chi connectivity index (χ0v) is 18.7. The van der Waals surface area contributed by atoms with Crippen molar-refractivity contribution >= 4 is 45.2 Å². The number of fused-ring (bicyclic) bond motifs is 1. The number of benzene rings is 1. The largest absolute Gasteiger partial charge is 0.367 e. The molecule has 0 bridgehead atoms. The van der Waals surface area contributed by atoms with Crippen molar-refractivity contribution in [2.75, 3.05) is 10.0 Å². The second kappa shape index (κ2) is 7.55. The van der Waals surface area contributed by atoms with Crippen molar-refractivity contribution in [1.29, 1.82) is 0 Å². The number of aromatic nitrogens is 3. The van der Waals surface area contributed by atoms with Crippen LogP contribution < -0.4 is 20.7 Å². The predicted octanol–water partition coefficient (Wildman–Crippen LogP) is 2.05. The fraction of sp³-hybridized carbons (Fsp3) is 0.273. The molecule has 3 fully saturated rings. The SMILES string of the molecule is O=C1NC(=O)/C(=C/c2cnn3c(NC4CC4)cc(-c4cccc(NS(=O)(=O)C5CC5)c4)nc23)N1. The Kier molecular flexibility index (Phi) is 4.59. The summed E-state index contributed by atoms with van der Waals surface area (Å²) in [5.74, 6) is 0.212. The molecule has 12 heteroatoms. The molecule has 0 atom stereocenters. The third-order valence-corrected chi connectivity index (χ3v) is 7.70. The zero-order chi connectivity index (χ0) is 23.4. The highest BCUT2D eigenvalue weighted by atomic mass is 32.2. The minimum absolute atomic E-state index is 0.111. The van der Waals surface area contributed by atoms with Gasteiger partial charge in [-0.3, -0.25) is 14.8 Å². The van der Waals surface area contributed by atoms with E-state index in [0.29, 0.717) is 41.5 Å². The number of nitrogens with one attached hydrogen (secondary N) is 4. The summed E-state index contributed by atoms with van der Waals surface area (Å²) in [6, 6.07) is 8.73. The Morgan fingerprint density at radius 3 is 2.62 bits per heavy atom. The second-order valence-electron chi connectivity index (χ2n) is 8.67. The summed E-state index contributed by atoms with van der Waals surface area (Å²) in [4.78, 5) is 28.2. The highest BCUT2D eigenvalue weighted by molar-refractivity contribution is 7.93. The maximum Gasteiger partial charge on any atom is 0.326 e. The van der Waals surface area contributed by atoms with Gasteiger partial charge in [0.15, 0.2) is 5.65 Å². The molecule has 3 heterocycles. The van der Waals surface area contributed by atoms with Crippen LogP contribution in [0.3, 0.4) is 0 Å². The van der Waals surface area contributed by atoms with Gasteiger partial charge in [-0.05, 0) is 43.9 Å². The number of hydrogen-bond acceptors (Lipinski definition) is 7. The Bertz CT molecular complexity index is 1490. The van der Waals surface area contributed by atoms with Crippen molar-refractivity contribution in [1.82, 2.24) is 25.2 Å². The van der Waals surface area contributed by atoms with Crippen LogP contribution in [0, 0.1) is 0 Å². The van der Waals surface area contributed by atoms with Crippen molar-refractivity contribution in [3.63, 3.8) is 0 Å². The highest BCUT2D eigenvalue weighted by Crippen LogP contribution is 2.32. The van der Waals surface area contributed by atoms with Gasteiger partial charge in [0.05, 0.1) is 17.1 Å². The molecule has 1 aromatic carbocycles. The third kappa shape index (κ3) is 3.96. The van der Waals surface area contributed by atoms with E-state index in [9.17, 15) is 18.0 Å². The number of sulfonamides is 1. The smallest absolute Gasteiger partial charge is 0.326 e. The highest BCUT2D eigenvalue weighted by Gasteiger charge is 2.35. The summed E-state index contributed by atoms with van der Waals surface area (Å²) in [6.45, 7) is 0. The number of imide groups is 1. The van der Waals surface area contributed by atoms with Crippen molar-refractivity contribution in [2.24, 2.45) is 0 Å². The molecular weight excluding hydrogens is 458 g/mol. The average Bonchev–Trinajstić information content (AvgIpc) is 3.72. The van der Waals surface area contributed by atoms with Crippen molar-refractivity contribution in [2.45, 2.75) is 37.0 Å². The first-order chi connectivity index (χ1) is 16.4. The van der Waals surface area contributed by atoms with Crippen LogP contribution in [0.15, 0.2) is 42.2 Å². The number of carbonyl (C=O) groups excluding carboxylic acids is 2. The molecule has 1 aliphatic heterocycles. The molecule has 3 amide bonds. The molecule has 174 valence electrons. The Hall–Kier alpha value is -3.93. The van der Waals surface area contributed by atoms with Gasteiger partial charge in [0.25, 0.3) is 5.91 Å². The van der Waals surface area contributed by atoms with E-state index in [1.165, 1.54) is 6.08 Å². The fourth-order valence-corrected chi connectivity index (χ4v) is 5.15. The summed E-state index contributed by atoms with van der Waals surface area (Å²) in [5.41, 5.74) is 2.97. The number of carbonyl (C=O) groups is 2. The Morgan fingerprint density at radius 1 is 1.09 bits per heavy atom. The van der Waals surface area contributed by atoms with Gasteiger partial charge in [-0.25, -0.2) is 18.2 Å². The molecule has 4 N–H and O–H groups in total. The van der Waals surface area contributed by atoms with Crippen LogP contribution >= 0.6 is 0 Å². The minimum atomic E-state index is -3.39. The van der Waals surface area contributed by atoms with E-state index in [4.69, 9.17) is 4.98 Å². The van der Waals surface area contributed by atoms with Crippen LogP contribution in [0.2, 0.25) is 0 Å². The van der Waals surface area contributed by atoms with Gasteiger partial charge >= 0.3 is 6.03 Å². The number of anilines is 2. The number of urea groups is 1. The van der Waals surface area contributed by atoms with E-state index in [-0.39, 0.29) is 10.9 Å². The molecule has 0 unspecified atom stereocenters. The molecule has 34 heavy (non-hydrogen) atoms. The molecule has 11 nitrogen and oxygen atoms in total. The Labute approximate surface area is 194 Å². The molecule has 3 aromatic rings. The van der Waals surface area contributed by atoms with Gasteiger partial charge in [0, 0.05) is 28.9 Å². The van der Waals surface area contributed by atoms with E-state index >= 15 is 0 Å². The number of amides is 3. The standard InChI is InChI=1S/C22H21N7O4S/c30-21-18(26-22(31)27-21)9-13-11-23-29-19(24-14-4-5-14)10-17(25-20(13)29)12-2-1-3-15(8-12)28-34(32,33)16-6-7-16/h1-3,8-11,14,16,24,28H,4-7H2,(H2,26,27,30,31)/b18-9-. The lowest BCUT2D eigenvalue weighted by molar-refractivity contribution is -0.115. The summed E-state index contributed by atoms with van der Waals surface area (Å²) >= 11 is 0. The molecular formula is C22H21N7O4S. The summed E-state index contributed by atoms with van der Waals surface area (Å²) in [7, 11) is -3.39. The first-order valence-corrected chi connectivity index (χ1v) is 12.5. The molecule has 2 aliphatic carbocycles. The van der Waals surface area contributed by atoms with Crippen LogP contribution in [0.4, 0.5) is 16.3 Å².